The lowest BCUT2D eigenvalue weighted by Crippen LogP contribution is -2.40. The summed E-state index contributed by atoms with van der Waals surface area (Å²) in [4.78, 5) is 11.5. The Morgan fingerprint density at radius 3 is 2.42 bits per heavy atom. The first-order valence-electron chi connectivity index (χ1n) is 7.34. The number of ether oxygens (including phenoxy) is 1. The van der Waals surface area contributed by atoms with Crippen LogP contribution in [0.15, 0.2) is 30.7 Å². The molecule has 2 aromatic heterocycles. The van der Waals surface area contributed by atoms with E-state index < -0.39 is 17.5 Å². The van der Waals surface area contributed by atoms with Gasteiger partial charge in [-0.2, -0.15) is 13.2 Å². The standard InChI is InChI=1S/C15H15F3N4O2/c16-15(17,18)11-2-1-10(9-22-11)24-13-12(20-7-8-21-13)14(23)3-5-19-6-4-14/h1-2,7-9,19,23H,3-6H2. The maximum Gasteiger partial charge on any atom is 0.433 e. The lowest BCUT2D eigenvalue weighted by atomic mass is 9.89. The highest BCUT2D eigenvalue weighted by Crippen LogP contribution is 2.36. The third kappa shape index (κ3) is 3.46. The maximum absolute atomic E-state index is 12.5. The number of hydrogen-bond donors (Lipinski definition) is 2. The number of nitrogens with zero attached hydrogens (tertiary/aromatic N) is 3. The van der Waals surface area contributed by atoms with Crippen molar-refractivity contribution < 1.29 is 23.0 Å². The number of piperidine rings is 1. The SMILES string of the molecule is OC1(c2nccnc2Oc2ccc(C(F)(F)F)nc2)CCNCC1. The highest BCUT2D eigenvalue weighted by atomic mass is 19.4. The van der Waals surface area contributed by atoms with E-state index in [1.807, 2.05) is 0 Å². The van der Waals surface area contributed by atoms with E-state index in [2.05, 4.69) is 20.3 Å². The van der Waals surface area contributed by atoms with Crippen LogP contribution in [0.5, 0.6) is 11.6 Å². The van der Waals surface area contributed by atoms with Crippen molar-refractivity contribution in [2.24, 2.45) is 0 Å². The highest BCUT2D eigenvalue weighted by molar-refractivity contribution is 5.31. The summed E-state index contributed by atoms with van der Waals surface area (Å²) in [7, 11) is 0. The Labute approximate surface area is 135 Å². The van der Waals surface area contributed by atoms with Crippen LogP contribution >= 0.6 is 0 Å². The van der Waals surface area contributed by atoms with Crippen LogP contribution in [-0.4, -0.2) is 33.1 Å². The molecule has 6 nitrogen and oxygen atoms in total. The van der Waals surface area contributed by atoms with Gasteiger partial charge in [-0.05, 0) is 38.1 Å². The molecule has 0 bridgehead atoms. The molecule has 128 valence electrons. The summed E-state index contributed by atoms with van der Waals surface area (Å²) in [6, 6.07) is 1.98. The first-order chi connectivity index (χ1) is 11.4. The predicted molar refractivity (Wildman–Crippen MR) is 77.3 cm³/mol. The molecule has 2 N–H and O–H groups in total. The Morgan fingerprint density at radius 1 is 1.08 bits per heavy atom. The van der Waals surface area contributed by atoms with Crippen molar-refractivity contribution >= 4 is 0 Å². The molecule has 3 rings (SSSR count). The third-order valence-corrected chi connectivity index (χ3v) is 3.78. The van der Waals surface area contributed by atoms with Crippen molar-refractivity contribution in [1.82, 2.24) is 20.3 Å². The summed E-state index contributed by atoms with van der Waals surface area (Å²) in [6.07, 6.45) is 0.156. The van der Waals surface area contributed by atoms with Gasteiger partial charge in [-0.1, -0.05) is 0 Å². The zero-order valence-corrected chi connectivity index (χ0v) is 12.5. The molecule has 1 aliphatic rings. The average molecular weight is 340 g/mol. The molecule has 0 aliphatic carbocycles. The number of hydrogen-bond acceptors (Lipinski definition) is 6. The van der Waals surface area contributed by atoms with E-state index in [4.69, 9.17) is 4.74 Å². The van der Waals surface area contributed by atoms with E-state index >= 15 is 0 Å². The molecule has 1 fully saturated rings. The summed E-state index contributed by atoms with van der Waals surface area (Å²) in [5, 5.41) is 13.9. The second-order valence-corrected chi connectivity index (χ2v) is 5.47. The number of aromatic nitrogens is 3. The summed E-state index contributed by atoms with van der Waals surface area (Å²) >= 11 is 0. The molecule has 24 heavy (non-hydrogen) atoms. The molecule has 1 aliphatic heterocycles. The van der Waals surface area contributed by atoms with Gasteiger partial charge in [0.05, 0.1) is 6.20 Å². The Morgan fingerprint density at radius 2 is 1.79 bits per heavy atom. The normalized spacial score (nSPS) is 17.5. The Kier molecular flexibility index (Phi) is 4.37. The van der Waals surface area contributed by atoms with Gasteiger partial charge >= 0.3 is 6.18 Å². The number of halogens is 3. The lowest BCUT2D eigenvalue weighted by molar-refractivity contribution is -0.141. The molecule has 0 unspecified atom stereocenters. The van der Waals surface area contributed by atoms with Crippen LogP contribution < -0.4 is 10.1 Å². The Hall–Kier alpha value is -2.26. The van der Waals surface area contributed by atoms with E-state index in [1.54, 1.807) is 0 Å². The quantitative estimate of drug-likeness (QED) is 0.892. The van der Waals surface area contributed by atoms with Crippen LogP contribution in [0.1, 0.15) is 24.2 Å². The summed E-state index contributed by atoms with van der Waals surface area (Å²) in [5.41, 5.74) is -1.92. The first-order valence-corrected chi connectivity index (χ1v) is 7.34. The predicted octanol–water partition coefficient (Wildman–Crippen LogP) is 2.25. The summed E-state index contributed by atoms with van der Waals surface area (Å²) in [6.45, 7) is 1.24. The van der Waals surface area contributed by atoms with Crippen LogP contribution in [0.3, 0.4) is 0 Å². The van der Waals surface area contributed by atoms with Crippen LogP contribution in [0.2, 0.25) is 0 Å². The fourth-order valence-electron chi connectivity index (χ4n) is 2.52. The largest absolute Gasteiger partial charge is 0.436 e. The minimum absolute atomic E-state index is 0.0588. The van der Waals surface area contributed by atoms with Gasteiger partial charge in [0, 0.05) is 12.4 Å². The van der Waals surface area contributed by atoms with Gasteiger partial charge in [-0.3, -0.25) is 4.98 Å². The molecule has 3 heterocycles. The number of rotatable bonds is 3. The monoisotopic (exact) mass is 340 g/mol. The van der Waals surface area contributed by atoms with Crippen molar-refractivity contribution in [1.29, 1.82) is 0 Å². The summed E-state index contributed by atoms with van der Waals surface area (Å²) in [5.74, 6) is 0.144. The van der Waals surface area contributed by atoms with Gasteiger partial charge in [0.1, 0.15) is 22.7 Å². The first kappa shape index (κ1) is 16.6. The second-order valence-electron chi connectivity index (χ2n) is 5.47. The van der Waals surface area contributed by atoms with Gasteiger partial charge in [0.2, 0.25) is 5.88 Å². The fourth-order valence-corrected chi connectivity index (χ4v) is 2.52. The maximum atomic E-state index is 12.5. The molecule has 2 aromatic rings. The molecule has 0 amide bonds. The van der Waals surface area contributed by atoms with Crippen molar-refractivity contribution in [2.75, 3.05) is 13.1 Å². The number of pyridine rings is 1. The highest BCUT2D eigenvalue weighted by Gasteiger charge is 2.36. The van der Waals surface area contributed by atoms with Gasteiger partial charge in [0.15, 0.2) is 0 Å². The van der Waals surface area contributed by atoms with E-state index in [1.165, 1.54) is 12.4 Å². The van der Waals surface area contributed by atoms with Crippen molar-refractivity contribution in [3.05, 3.63) is 42.1 Å². The lowest BCUT2D eigenvalue weighted by Gasteiger charge is -2.32. The van der Waals surface area contributed by atoms with Crippen LogP contribution in [0.25, 0.3) is 0 Å². The van der Waals surface area contributed by atoms with E-state index in [9.17, 15) is 18.3 Å². The minimum atomic E-state index is -4.51. The summed E-state index contributed by atoms with van der Waals surface area (Å²) < 4.78 is 43.1. The van der Waals surface area contributed by atoms with Crippen molar-refractivity contribution in [2.45, 2.75) is 24.6 Å². The zero-order chi connectivity index (χ0) is 17.2. The molecule has 0 saturated carbocycles. The molecular weight excluding hydrogens is 325 g/mol. The molecule has 0 atom stereocenters. The van der Waals surface area contributed by atoms with E-state index in [0.717, 1.165) is 18.3 Å². The molecule has 0 aromatic carbocycles. The average Bonchev–Trinajstić information content (AvgIpc) is 2.56. The van der Waals surface area contributed by atoms with E-state index in [0.29, 0.717) is 25.9 Å². The Bertz CT molecular complexity index is 701. The fraction of sp³-hybridized carbons (Fsp3) is 0.400. The van der Waals surface area contributed by atoms with Crippen LogP contribution in [-0.2, 0) is 11.8 Å². The number of alkyl halides is 3. The molecular formula is C15H15F3N4O2. The van der Waals surface area contributed by atoms with Crippen molar-refractivity contribution in [3.8, 4) is 11.6 Å². The third-order valence-electron chi connectivity index (χ3n) is 3.78. The number of nitrogens with one attached hydrogen (secondary N) is 1. The van der Waals surface area contributed by atoms with Crippen molar-refractivity contribution in [3.63, 3.8) is 0 Å². The van der Waals surface area contributed by atoms with Gasteiger partial charge in [-0.15, -0.1) is 0 Å². The van der Waals surface area contributed by atoms with Crippen LogP contribution in [0, 0.1) is 0 Å². The molecule has 0 spiro atoms. The topological polar surface area (TPSA) is 80.2 Å². The smallest absolute Gasteiger partial charge is 0.433 e. The van der Waals surface area contributed by atoms with Gasteiger partial charge in [0.25, 0.3) is 0 Å². The molecule has 1 saturated heterocycles. The van der Waals surface area contributed by atoms with Gasteiger partial charge in [-0.25, -0.2) is 9.97 Å². The molecule has 0 radical (unpaired) electrons. The zero-order valence-electron chi connectivity index (χ0n) is 12.5. The second kappa shape index (κ2) is 6.33. The van der Waals surface area contributed by atoms with Gasteiger partial charge < -0.3 is 15.2 Å². The van der Waals surface area contributed by atoms with E-state index in [-0.39, 0.29) is 17.3 Å². The molecule has 9 heteroatoms. The minimum Gasteiger partial charge on any atom is -0.436 e. The van der Waals surface area contributed by atoms with Crippen LogP contribution in [0.4, 0.5) is 13.2 Å². The number of aliphatic hydroxyl groups is 1. The Balaban J connectivity index is 1.86.